The zero-order valence-electron chi connectivity index (χ0n) is 9.35. The standard InChI is InChI=1S/C10H17N3O2S/c1-16-10-12-7-9(8-13-10)6-11-2-4-15-5-3-14/h7-8,11,14H,2-6H2,1H3. The van der Waals surface area contributed by atoms with Crippen molar-refractivity contribution >= 4 is 11.8 Å². The van der Waals surface area contributed by atoms with E-state index in [4.69, 9.17) is 9.84 Å². The summed E-state index contributed by atoms with van der Waals surface area (Å²) in [5.41, 5.74) is 1.06. The molecule has 5 nitrogen and oxygen atoms in total. The van der Waals surface area contributed by atoms with Gasteiger partial charge in [-0.1, -0.05) is 11.8 Å². The van der Waals surface area contributed by atoms with E-state index in [1.54, 1.807) is 0 Å². The normalized spacial score (nSPS) is 10.6. The second kappa shape index (κ2) is 8.46. The maximum Gasteiger partial charge on any atom is 0.187 e. The summed E-state index contributed by atoms with van der Waals surface area (Å²) in [6.45, 7) is 2.56. The Morgan fingerprint density at radius 2 is 2.12 bits per heavy atom. The molecule has 0 saturated heterocycles. The van der Waals surface area contributed by atoms with Gasteiger partial charge in [0.05, 0.1) is 19.8 Å². The van der Waals surface area contributed by atoms with Crippen LogP contribution in [0.2, 0.25) is 0 Å². The molecule has 1 aromatic heterocycles. The van der Waals surface area contributed by atoms with Crippen molar-refractivity contribution in [3.05, 3.63) is 18.0 Å². The Bertz CT molecular complexity index is 282. The highest BCUT2D eigenvalue weighted by Gasteiger charge is 1.96. The van der Waals surface area contributed by atoms with Gasteiger partial charge in [-0.15, -0.1) is 0 Å². The van der Waals surface area contributed by atoms with Crippen LogP contribution in [0.15, 0.2) is 17.6 Å². The SMILES string of the molecule is CSc1ncc(CNCCOCCO)cn1. The van der Waals surface area contributed by atoms with E-state index in [1.807, 2.05) is 18.6 Å². The van der Waals surface area contributed by atoms with Gasteiger partial charge < -0.3 is 15.2 Å². The predicted octanol–water partition coefficient (Wildman–Crippen LogP) is 0.297. The van der Waals surface area contributed by atoms with Crippen LogP contribution < -0.4 is 5.32 Å². The Labute approximate surface area is 99.6 Å². The predicted molar refractivity (Wildman–Crippen MR) is 63.4 cm³/mol. The number of aliphatic hydroxyl groups is 1. The van der Waals surface area contributed by atoms with Crippen molar-refractivity contribution in [3.63, 3.8) is 0 Å². The molecule has 1 heterocycles. The van der Waals surface area contributed by atoms with E-state index < -0.39 is 0 Å². The average Bonchev–Trinajstić information content (AvgIpc) is 2.34. The van der Waals surface area contributed by atoms with E-state index in [-0.39, 0.29) is 6.61 Å². The molecule has 16 heavy (non-hydrogen) atoms. The van der Waals surface area contributed by atoms with Crippen LogP contribution in [-0.4, -0.2) is 47.7 Å². The maximum atomic E-state index is 8.49. The molecule has 0 bridgehead atoms. The van der Waals surface area contributed by atoms with Crippen molar-refractivity contribution in [3.8, 4) is 0 Å². The molecule has 90 valence electrons. The molecule has 0 aliphatic carbocycles. The Balaban J connectivity index is 2.12. The summed E-state index contributed by atoms with van der Waals surface area (Å²) >= 11 is 1.53. The first-order valence-corrected chi connectivity index (χ1v) is 6.33. The Hall–Kier alpha value is -0.690. The van der Waals surface area contributed by atoms with E-state index >= 15 is 0 Å². The van der Waals surface area contributed by atoms with Gasteiger partial charge in [0.15, 0.2) is 5.16 Å². The fourth-order valence-corrected chi connectivity index (χ4v) is 1.40. The molecule has 0 atom stereocenters. The molecule has 0 spiro atoms. The lowest BCUT2D eigenvalue weighted by atomic mass is 10.3. The zero-order chi connectivity index (χ0) is 11.6. The van der Waals surface area contributed by atoms with Crippen molar-refractivity contribution in [2.45, 2.75) is 11.7 Å². The average molecular weight is 243 g/mol. The van der Waals surface area contributed by atoms with Gasteiger partial charge in [-0.2, -0.15) is 0 Å². The third kappa shape index (κ3) is 5.41. The number of hydrogen-bond acceptors (Lipinski definition) is 6. The number of thioether (sulfide) groups is 1. The lowest BCUT2D eigenvalue weighted by Gasteiger charge is -2.05. The number of aromatic nitrogens is 2. The number of rotatable bonds is 8. The first-order valence-electron chi connectivity index (χ1n) is 5.11. The van der Waals surface area contributed by atoms with E-state index in [1.165, 1.54) is 11.8 Å². The summed E-state index contributed by atoms with van der Waals surface area (Å²) in [5, 5.41) is 12.5. The molecular formula is C10H17N3O2S. The van der Waals surface area contributed by atoms with Crippen LogP contribution in [0.1, 0.15) is 5.56 Å². The van der Waals surface area contributed by atoms with Crippen LogP contribution in [0.3, 0.4) is 0 Å². The fourth-order valence-electron chi connectivity index (χ4n) is 1.08. The molecule has 0 unspecified atom stereocenters. The van der Waals surface area contributed by atoms with E-state index in [2.05, 4.69) is 15.3 Å². The van der Waals surface area contributed by atoms with Gasteiger partial charge in [0.1, 0.15) is 0 Å². The fraction of sp³-hybridized carbons (Fsp3) is 0.600. The Morgan fingerprint density at radius 1 is 1.38 bits per heavy atom. The second-order valence-corrected chi connectivity index (χ2v) is 3.86. The summed E-state index contributed by atoms with van der Waals surface area (Å²) in [6, 6.07) is 0. The van der Waals surface area contributed by atoms with Crippen LogP contribution in [0, 0.1) is 0 Å². The summed E-state index contributed by atoms with van der Waals surface area (Å²) in [7, 11) is 0. The number of nitrogens with one attached hydrogen (secondary N) is 1. The molecule has 1 rings (SSSR count). The molecule has 0 aromatic carbocycles. The van der Waals surface area contributed by atoms with Gasteiger partial charge >= 0.3 is 0 Å². The topological polar surface area (TPSA) is 67.3 Å². The summed E-state index contributed by atoms with van der Waals surface area (Å²) < 4.78 is 5.11. The quantitative estimate of drug-likeness (QED) is 0.389. The van der Waals surface area contributed by atoms with Gasteiger partial charge in [-0.3, -0.25) is 0 Å². The minimum atomic E-state index is 0.0734. The number of nitrogens with zero attached hydrogens (tertiary/aromatic N) is 2. The number of aliphatic hydroxyl groups excluding tert-OH is 1. The Kier molecular flexibility index (Phi) is 7.07. The first kappa shape index (κ1) is 13.4. The molecule has 1 aromatic rings. The third-order valence-electron chi connectivity index (χ3n) is 1.85. The summed E-state index contributed by atoms with van der Waals surface area (Å²) in [6.07, 6.45) is 5.59. The molecule has 2 N–H and O–H groups in total. The largest absolute Gasteiger partial charge is 0.394 e. The maximum absolute atomic E-state index is 8.49. The molecule has 0 fully saturated rings. The van der Waals surface area contributed by atoms with Gasteiger partial charge in [-0.25, -0.2) is 9.97 Å². The van der Waals surface area contributed by atoms with Crippen molar-refractivity contribution in [2.24, 2.45) is 0 Å². The molecule has 0 saturated carbocycles. The van der Waals surface area contributed by atoms with Gasteiger partial charge in [-0.05, 0) is 6.26 Å². The summed E-state index contributed by atoms with van der Waals surface area (Å²) in [5.74, 6) is 0. The Morgan fingerprint density at radius 3 is 2.75 bits per heavy atom. The molecule has 0 radical (unpaired) electrons. The van der Waals surface area contributed by atoms with Crippen molar-refractivity contribution in [1.82, 2.24) is 15.3 Å². The lowest BCUT2D eigenvalue weighted by molar-refractivity contribution is 0.0938. The van der Waals surface area contributed by atoms with Gasteiger partial charge in [0, 0.05) is 31.0 Å². The second-order valence-electron chi connectivity index (χ2n) is 3.09. The minimum absolute atomic E-state index is 0.0734. The van der Waals surface area contributed by atoms with Crippen LogP contribution in [0.5, 0.6) is 0 Å². The lowest BCUT2D eigenvalue weighted by Crippen LogP contribution is -2.20. The van der Waals surface area contributed by atoms with Gasteiger partial charge in [0.25, 0.3) is 0 Å². The first-order chi connectivity index (χ1) is 7.86. The van der Waals surface area contributed by atoms with Crippen LogP contribution in [0.4, 0.5) is 0 Å². The highest BCUT2D eigenvalue weighted by atomic mass is 32.2. The van der Waals surface area contributed by atoms with Crippen LogP contribution in [0.25, 0.3) is 0 Å². The molecule has 6 heteroatoms. The van der Waals surface area contributed by atoms with Crippen molar-refractivity contribution < 1.29 is 9.84 Å². The van der Waals surface area contributed by atoms with Gasteiger partial charge in [0.2, 0.25) is 0 Å². The smallest absolute Gasteiger partial charge is 0.187 e. The van der Waals surface area contributed by atoms with E-state index in [0.29, 0.717) is 13.2 Å². The molecule has 0 amide bonds. The van der Waals surface area contributed by atoms with Crippen LogP contribution >= 0.6 is 11.8 Å². The minimum Gasteiger partial charge on any atom is -0.394 e. The van der Waals surface area contributed by atoms with Crippen molar-refractivity contribution in [2.75, 3.05) is 32.6 Å². The monoisotopic (exact) mass is 243 g/mol. The molecule has 0 aliphatic rings. The van der Waals surface area contributed by atoms with Crippen LogP contribution in [-0.2, 0) is 11.3 Å². The highest BCUT2D eigenvalue weighted by Crippen LogP contribution is 2.06. The third-order valence-corrected chi connectivity index (χ3v) is 2.43. The van der Waals surface area contributed by atoms with E-state index in [9.17, 15) is 0 Å². The van der Waals surface area contributed by atoms with E-state index in [0.717, 1.165) is 23.8 Å². The zero-order valence-corrected chi connectivity index (χ0v) is 10.2. The molecule has 0 aliphatic heterocycles. The highest BCUT2D eigenvalue weighted by molar-refractivity contribution is 7.98. The molecular weight excluding hydrogens is 226 g/mol. The number of hydrogen-bond donors (Lipinski definition) is 2. The summed E-state index contributed by atoms with van der Waals surface area (Å²) in [4.78, 5) is 8.35. The van der Waals surface area contributed by atoms with Crippen molar-refractivity contribution in [1.29, 1.82) is 0 Å². The number of ether oxygens (including phenoxy) is 1.